The number of hydrogen-bond acceptors (Lipinski definition) is 5. The van der Waals surface area contributed by atoms with Crippen molar-refractivity contribution in [2.75, 3.05) is 25.0 Å². The van der Waals surface area contributed by atoms with Crippen LogP contribution in [-0.2, 0) is 19.1 Å². The lowest BCUT2D eigenvalue weighted by molar-refractivity contribution is -0.140. The highest BCUT2D eigenvalue weighted by atomic mass is 35.5. The number of aliphatic hydroxyl groups excluding tert-OH is 1. The van der Waals surface area contributed by atoms with Crippen molar-refractivity contribution in [3.8, 4) is 0 Å². The van der Waals surface area contributed by atoms with Crippen LogP contribution in [0.2, 0.25) is 5.02 Å². The molecule has 3 heterocycles. The van der Waals surface area contributed by atoms with Crippen molar-refractivity contribution in [3.63, 3.8) is 0 Å². The van der Waals surface area contributed by atoms with Crippen molar-refractivity contribution in [2.45, 2.75) is 70.1 Å². The summed E-state index contributed by atoms with van der Waals surface area (Å²) >= 11 is 6.36. The van der Waals surface area contributed by atoms with Crippen LogP contribution in [0.25, 0.3) is 0 Å². The summed E-state index contributed by atoms with van der Waals surface area (Å²) in [6.45, 7) is 4.83. The Hall–Kier alpha value is -2.16. The minimum absolute atomic E-state index is 0.0840. The van der Waals surface area contributed by atoms with Crippen molar-refractivity contribution in [1.29, 1.82) is 0 Å². The number of unbranched alkanes of at least 4 members (excludes halogenated alkanes) is 2. The summed E-state index contributed by atoms with van der Waals surface area (Å²) in [5.41, 5.74) is 0.320. The maximum atomic E-state index is 13.8. The first kappa shape index (κ1) is 24.9. The zero-order chi connectivity index (χ0) is 24.5. The molecule has 1 aromatic carbocycles. The summed E-state index contributed by atoms with van der Waals surface area (Å²) in [6, 6.07) is 4.55. The van der Waals surface area contributed by atoms with Crippen molar-refractivity contribution in [1.82, 2.24) is 10.2 Å². The Morgan fingerprint density at radius 3 is 2.76 bits per heavy atom. The van der Waals surface area contributed by atoms with Crippen LogP contribution in [0, 0.1) is 18.8 Å². The van der Waals surface area contributed by atoms with Gasteiger partial charge in [0, 0.05) is 19.7 Å². The summed E-state index contributed by atoms with van der Waals surface area (Å²) in [5.74, 6) is -1.98. The Labute approximate surface area is 205 Å². The lowest BCUT2D eigenvalue weighted by atomic mass is 9.70. The predicted octanol–water partition coefficient (Wildman–Crippen LogP) is 2.65. The predicted molar refractivity (Wildman–Crippen MR) is 128 cm³/mol. The number of carbonyl (C=O) groups excluding carboxylic acids is 3. The number of fused-ring (bicyclic) bond motifs is 1. The quantitative estimate of drug-likeness (QED) is 0.436. The second kappa shape index (κ2) is 10.2. The average Bonchev–Trinajstić information content (AvgIpc) is 3.45. The van der Waals surface area contributed by atoms with Crippen molar-refractivity contribution < 1.29 is 24.2 Å². The highest BCUT2D eigenvalue weighted by molar-refractivity contribution is 6.34. The molecule has 0 saturated carbocycles. The zero-order valence-corrected chi connectivity index (χ0v) is 20.6. The number of likely N-dealkylation sites (tertiary alicyclic amines) is 1. The van der Waals surface area contributed by atoms with E-state index in [0.29, 0.717) is 49.5 Å². The Morgan fingerprint density at radius 2 is 2.06 bits per heavy atom. The number of halogens is 1. The van der Waals surface area contributed by atoms with Crippen molar-refractivity contribution in [3.05, 3.63) is 28.8 Å². The fourth-order valence-electron chi connectivity index (χ4n) is 5.91. The number of aryl methyl sites for hydroxylation is 1. The average molecular weight is 492 g/mol. The monoisotopic (exact) mass is 491 g/mol. The summed E-state index contributed by atoms with van der Waals surface area (Å²) in [7, 11) is 0. The van der Waals surface area contributed by atoms with Crippen LogP contribution in [0.1, 0.15) is 51.0 Å². The molecule has 9 heteroatoms. The molecule has 2 unspecified atom stereocenters. The first-order chi connectivity index (χ1) is 16.4. The van der Waals surface area contributed by atoms with Gasteiger partial charge in [-0.15, -0.1) is 0 Å². The van der Waals surface area contributed by atoms with Crippen LogP contribution < -0.4 is 10.6 Å². The first-order valence-electron chi connectivity index (χ1n) is 12.3. The fourth-order valence-corrected chi connectivity index (χ4v) is 6.18. The second-order valence-corrected chi connectivity index (χ2v) is 9.99. The van der Waals surface area contributed by atoms with Gasteiger partial charge in [-0.05, 0) is 57.1 Å². The molecule has 3 aliphatic heterocycles. The Morgan fingerprint density at radius 1 is 1.26 bits per heavy atom. The lowest BCUT2D eigenvalue weighted by Crippen LogP contribution is -2.53. The number of carbonyl (C=O) groups is 3. The molecule has 1 aromatic rings. The normalized spacial score (nSPS) is 29.4. The van der Waals surface area contributed by atoms with Crippen LogP contribution in [0.4, 0.5) is 5.69 Å². The molecule has 5 atom stereocenters. The molecule has 0 aromatic heterocycles. The largest absolute Gasteiger partial charge is 0.396 e. The van der Waals surface area contributed by atoms with Gasteiger partial charge in [0.2, 0.25) is 17.7 Å². The van der Waals surface area contributed by atoms with Gasteiger partial charge in [0.25, 0.3) is 0 Å². The van der Waals surface area contributed by atoms with Crippen LogP contribution >= 0.6 is 11.6 Å². The third-order valence-electron chi connectivity index (χ3n) is 7.43. The van der Waals surface area contributed by atoms with Gasteiger partial charge in [-0.1, -0.05) is 30.7 Å². The van der Waals surface area contributed by atoms with Gasteiger partial charge in [0.05, 0.1) is 28.6 Å². The van der Waals surface area contributed by atoms with Crippen LogP contribution in [0.15, 0.2) is 18.2 Å². The third-order valence-corrected chi connectivity index (χ3v) is 7.74. The van der Waals surface area contributed by atoms with E-state index in [1.807, 2.05) is 26.0 Å². The van der Waals surface area contributed by atoms with E-state index >= 15 is 0 Å². The van der Waals surface area contributed by atoms with Crippen LogP contribution in [0.3, 0.4) is 0 Å². The summed E-state index contributed by atoms with van der Waals surface area (Å²) in [5, 5.41) is 15.4. The van der Waals surface area contributed by atoms with E-state index < -0.39 is 23.5 Å². The van der Waals surface area contributed by atoms with Gasteiger partial charge >= 0.3 is 0 Å². The molecule has 1 spiro atoms. The minimum atomic E-state index is -1.02. The number of hydrogen-bond donors (Lipinski definition) is 3. The molecule has 3 amide bonds. The lowest BCUT2D eigenvalue weighted by Gasteiger charge is -2.33. The van der Waals surface area contributed by atoms with Crippen LogP contribution in [0.5, 0.6) is 0 Å². The van der Waals surface area contributed by atoms with Gasteiger partial charge in [-0.3, -0.25) is 14.4 Å². The number of nitrogens with one attached hydrogen (secondary N) is 2. The van der Waals surface area contributed by atoms with Gasteiger partial charge in [-0.2, -0.15) is 0 Å². The number of anilines is 1. The smallest absolute Gasteiger partial charge is 0.250 e. The summed E-state index contributed by atoms with van der Waals surface area (Å²) < 4.78 is 6.40. The molecule has 2 bridgehead atoms. The van der Waals surface area contributed by atoms with E-state index in [0.717, 1.165) is 18.4 Å². The second-order valence-electron chi connectivity index (χ2n) is 9.58. The van der Waals surface area contributed by atoms with E-state index in [1.54, 1.807) is 11.0 Å². The highest BCUT2D eigenvalue weighted by Gasteiger charge is 2.74. The van der Waals surface area contributed by atoms with Gasteiger partial charge < -0.3 is 25.4 Å². The molecular formula is C25H34ClN3O5. The minimum Gasteiger partial charge on any atom is -0.396 e. The Kier molecular flexibility index (Phi) is 7.50. The number of aliphatic hydroxyl groups is 1. The zero-order valence-electron chi connectivity index (χ0n) is 19.8. The van der Waals surface area contributed by atoms with E-state index in [9.17, 15) is 14.4 Å². The molecule has 3 saturated heterocycles. The first-order valence-corrected chi connectivity index (χ1v) is 12.7. The number of rotatable bonds is 10. The Bertz CT molecular complexity index is 936. The van der Waals surface area contributed by atoms with Crippen molar-refractivity contribution >= 4 is 35.0 Å². The SMILES string of the molecule is CCCNC(=O)[C@@H]1[C@@H]2CCC3(O2)C(C(=O)Nc2c(C)cccc2Cl)N(CCCCCO)C(=O)[C@H]13. The van der Waals surface area contributed by atoms with Gasteiger partial charge in [-0.25, -0.2) is 0 Å². The maximum Gasteiger partial charge on any atom is 0.250 e. The number of benzene rings is 1. The molecule has 3 N–H and O–H groups in total. The molecule has 186 valence electrons. The maximum absolute atomic E-state index is 13.8. The summed E-state index contributed by atoms with van der Waals surface area (Å²) in [4.78, 5) is 42.1. The molecule has 8 nitrogen and oxygen atoms in total. The molecule has 3 aliphatic rings. The number of ether oxygens (including phenoxy) is 1. The topological polar surface area (TPSA) is 108 Å². The summed E-state index contributed by atoms with van der Waals surface area (Å²) in [6.07, 6.45) is 3.65. The van der Waals surface area contributed by atoms with Gasteiger partial charge in [0.1, 0.15) is 11.6 Å². The van der Waals surface area contributed by atoms with E-state index in [1.165, 1.54) is 0 Å². The standard InChI is InChI=1S/C25H34ClN3O5/c1-3-12-27-22(31)18-17-10-11-25(34-17)19(18)24(33)29(13-5-4-6-14-30)21(25)23(32)28-20-15(2)8-7-9-16(20)26/h7-9,17-19,21,30H,3-6,10-14H2,1-2H3,(H,27,31)(H,28,32)/t17-,18+,19-,21?,25?/m0/s1. The molecule has 34 heavy (non-hydrogen) atoms. The highest BCUT2D eigenvalue weighted by Crippen LogP contribution is 2.58. The van der Waals surface area contributed by atoms with Crippen LogP contribution in [-0.4, -0.2) is 65.2 Å². The third kappa shape index (κ3) is 4.20. The molecule has 0 aliphatic carbocycles. The van der Waals surface area contributed by atoms with E-state index in [2.05, 4.69) is 10.6 Å². The number of nitrogens with zero attached hydrogens (tertiary/aromatic N) is 1. The number of amides is 3. The van der Waals surface area contributed by atoms with Gasteiger partial charge in [0.15, 0.2) is 0 Å². The molecular weight excluding hydrogens is 458 g/mol. The molecule has 4 rings (SSSR count). The molecule has 0 radical (unpaired) electrons. The number of para-hydroxylation sites is 1. The van der Waals surface area contributed by atoms with Crippen molar-refractivity contribution in [2.24, 2.45) is 11.8 Å². The van der Waals surface area contributed by atoms with E-state index in [4.69, 9.17) is 21.4 Å². The fraction of sp³-hybridized carbons (Fsp3) is 0.640. The Balaban J connectivity index is 1.65. The van der Waals surface area contributed by atoms with E-state index in [-0.39, 0.29) is 30.4 Å². The molecule has 3 fully saturated rings.